The Morgan fingerprint density at radius 3 is 1.95 bits per heavy atom. The van der Waals surface area contributed by atoms with Gasteiger partial charge in [-0.15, -0.1) is 0 Å². The first kappa shape index (κ1) is 7.57. The van der Waals surface area contributed by atoms with E-state index in [-0.39, 0.29) is 59.3 Å². The Bertz CT molecular complexity index is 1050. The van der Waals surface area contributed by atoms with Crippen molar-refractivity contribution in [2.75, 3.05) is 6.26 Å². The Morgan fingerprint density at radius 2 is 1.38 bits per heavy atom. The van der Waals surface area contributed by atoms with E-state index in [0.717, 1.165) is 0 Å². The molecule has 0 nitrogen and oxygen atoms in total. The van der Waals surface area contributed by atoms with Crippen LogP contribution in [0.15, 0.2) is 76.8 Å². The average molecular weight is 432 g/mol. The zero-order valence-electron chi connectivity index (χ0n) is 20.8. The van der Waals surface area contributed by atoms with Gasteiger partial charge in [0.1, 0.15) is 0 Å². The molecule has 21 heavy (non-hydrogen) atoms. The van der Waals surface area contributed by atoms with Crippen molar-refractivity contribution in [2.45, 2.75) is 4.21 Å². The third-order valence-electron chi connectivity index (χ3n) is 2.51. The highest BCUT2D eigenvalue weighted by Crippen LogP contribution is 2.35. The lowest BCUT2D eigenvalue weighted by Gasteiger charge is -2.01. The van der Waals surface area contributed by atoms with Crippen molar-refractivity contribution >= 4 is 23.1 Å². The Morgan fingerprint density at radius 1 is 0.810 bits per heavy atom. The normalized spacial score (nSPS) is 16.6. The first-order chi connectivity index (χ1) is 14.0. The van der Waals surface area contributed by atoms with E-state index in [9.17, 15) is 0 Å². The lowest BCUT2D eigenvalue weighted by molar-refractivity contribution is -0.00000379. The molecule has 0 N–H and O–H groups in total. The summed E-state index contributed by atoms with van der Waals surface area (Å²) in [5, 5.41) is 0. The van der Waals surface area contributed by atoms with Crippen molar-refractivity contribution in [1.29, 1.82) is 0 Å². The van der Waals surface area contributed by atoms with E-state index in [2.05, 4.69) is 0 Å². The maximum absolute atomic E-state index is 8.22. The smallest absolute Gasteiger partial charge is 0.265 e. The number of rotatable bonds is 3. The first-order valence-electron chi connectivity index (χ1n) is 10.7. The van der Waals surface area contributed by atoms with Gasteiger partial charge in [0, 0.05) is 17.7 Å². The van der Waals surface area contributed by atoms with Crippen LogP contribution < -0.4 is 24.0 Å². The molecule has 0 atom stereocenters. The largest absolute Gasteiger partial charge is 1.00 e. The van der Waals surface area contributed by atoms with Crippen LogP contribution in [0.25, 0.3) is 21.6 Å². The lowest BCUT2D eigenvalue weighted by Crippen LogP contribution is -3.00. The van der Waals surface area contributed by atoms with Crippen LogP contribution in [0.2, 0.25) is 0 Å². The van der Waals surface area contributed by atoms with Crippen LogP contribution in [-0.4, -0.2) is 6.26 Å². The fraction of sp³-hybridized carbons (Fsp3) is 0.0556. The Balaban J connectivity index is 0.00000341. The number of thioether (sulfide) groups is 1. The summed E-state index contributed by atoms with van der Waals surface area (Å²) in [5.74, 6) is 0. The molecule has 0 saturated heterocycles. The fourth-order valence-electron chi connectivity index (χ4n) is 1.61. The minimum atomic E-state index is -0.497. The van der Waals surface area contributed by atoms with E-state index >= 15 is 0 Å². The van der Waals surface area contributed by atoms with Crippen LogP contribution in [0.5, 0.6) is 0 Å². The van der Waals surface area contributed by atoms with Crippen LogP contribution in [0.3, 0.4) is 0 Å². The molecule has 2 aromatic carbocycles. The SMILES string of the molecule is [2H]c1c([2H])c([2H])c(-c2cc(SC)[s+]c(-c3c([2H])c([2H])c([2H])c([2H])c3[2H])c2)c([2H])c1[2H].[I-]. The van der Waals surface area contributed by atoms with Crippen molar-refractivity contribution in [3.63, 3.8) is 0 Å². The van der Waals surface area contributed by atoms with Crippen LogP contribution in [0, 0.1) is 0 Å². The summed E-state index contributed by atoms with van der Waals surface area (Å²) in [5.41, 5.74) is 0.324. The molecule has 0 unspecified atom stereocenters. The van der Waals surface area contributed by atoms with Gasteiger partial charge in [-0.1, -0.05) is 60.1 Å². The van der Waals surface area contributed by atoms with Gasteiger partial charge in [-0.2, -0.15) is 0 Å². The molecular weight excluding hydrogens is 407 g/mol. The summed E-state index contributed by atoms with van der Waals surface area (Å²) in [6.45, 7) is 0. The second-order valence-corrected chi connectivity index (χ2v) is 5.92. The Kier molecular flexibility index (Phi) is 2.86. The molecule has 3 aromatic rings. The predicted molar refractivity (Wildman–Crippen MR) is 91.4 cm³/mol. The van der Waals surface area contributed by atoms with E-state index in [1.54, 1.807) is 12.3 Å². The second-order valence-electron chi connectivity index (χ2n) is 3.73. The molecular formula is C18H15IS2. The van der Waals surface area contributed by atoms with E-state index in [0.29, 0.717) is 14.6 Å². The quantitative estimate of drug-likeness (QED) is 0.348. The molecule has 1 heterocycles. The van der Waals surface area contributed by atoms with Crippen LogP contribution in [-0.2, 0) is 0 Å². The molecule has 0 amide bonds. The molecule has 0 bridgehead atoms. The topological polar surface area (TPSA) is 0 Å². The lowest BCUT2D eigenvalue weighted by atomic mass is 10.1. The molecule has 106 valence electrons. The minimum Gasteiger partial charge on any atom is -1.00 e. The summed E-state index contributed by atoms with van der Waals surface area (Å²) in [6, 6.07) is -1.11. The number of hydrogen-bond acceptors (Lipinski definition) is 1. The molecule has 0 aliphatic rings. The summed E-state index contributed by atoms with van der Waals surface area (Å²) < 4.78 is 80.8. The number of benzene rings is 2. The first-order valence-corrected chi connectivity index (χ1v) is 7.72. The third kappa shape index (κ3) is 4.05. The molecule has 3 heteroatoms. The number of hydrogen-bond donors (Lipinski definition) is 0. The molecule has 0 radical (unpaired) electrons. The summed E-state index contributed by atoms with van der Waals surface area (Å²) in [7, 11) is 0. The standard InChI is InChI=1S/C18H15S2.HI/c1-19-18-13-16(14-8-4-2-5-9-14)12-17(20-18)15-10-6-3-7-11-15;/h2-13H,1H3;1H/q+1;/p-1/i2D,3D,4D,5D,6D,7D,8D,9D,10D,11D;. The van der Waals surface area contributed by atoms with Crippen LogP contribution >= 0.6 is 23.1 Å². The van der Waals surface area contributed by atoms with Crippen LogP contribution in [0.4, 0.5) is 0 Å². The van der Waals surface area contributed by atoms with Gasteiger partial charge in [0.05, 0.1) is 13.7 Å². The highest BCUT2D eigenvalue weighted by atomic mass is 127. The summed E-state index contributed by atoms with van der Waals surface area (Å²) in [4.78, 5) is 0.348. The maximum Gasteiger partial charge on any atom is 0.265 e. The Labute approximate surface area is 165 Å². The van der Waals surface area contributed by atoms with Gasteiger partial charge in [0.15, 0.2) is 0 Å². The van der Waals surface area contributed by atoms with Gasteiger partial charge >= 0.3 is 0 Å². The van der Waals surface area contributed by atoms with Crippen molar-refractivity contribution in [1.82, 2.24) is 0 Å². The monoisotopic (exact) mass is 432 g/mol. The highest BCUT2D eigenvalue weighted by molar-refractivity contribution is 8.00. The van der Waals surface area contributed by atoms with Crippen molar-refractivity contribution in [3.05, 3.63) is 72.6 Å². The second kappa shape index (κ2) is 7.92. The zero-order chi connectivity index (χ0) is 22.5. The van der Waals surface area contributed by atoms with Gasteiger partial charge in [-0.05, 0) is 29.5 Å². The van der Waals surface area contributed by atoms with Gasteiger partial charge < -0.3 is 24.0 Å². The molecule has 0 spiro atoms. The highest BCUT2D eigenvalue weighted by Gasteiger charge is 2.16. The van der Waals surface area contributed by atoms with Gasteiger partial charge in [0.2, 0.25) is 16.2 Å². The molecule has 0 saturated carbocycles. The predicted octanol–water partition coefficient (Wildman–Crippen LogP) is 3.09. The van der Waals surface area contributed by atoms with Gasteiger partial charge in [-0.3, -0.25) is 0 Å². The summed E-state index contributed by atoms with van der Waals surface area (Å²) >= 11 is 2.55. The van der Waals surface area contributed by atoms with Crippen LogP contribution in [0.1, 0.15) is 13.7 Å². The third-order valence-corrected chi connectivity index (χ3v) is 4.64. The molecule has 1 aromatic heterocycles. The van der Waals surface area contributed by atoms with Crippen molar-refractivity contribution in [3.8, 4) is 21.6 Å². The van der Waals surface area contributed by atoms with E-state index in [1.807, 2.05) is 0 Å². The molecule has 3 rings (SSSR count). The van der Waals surface area contributed by atoms with E-state index in [1.165, 1.54) is 29.2 Å². The minimum absolute atomic E-state index is 0. The molecule has 0 aliphatic carbocycles. The summed E-state index contributed by atoms with van der Waals surface area (Å²) in [6.07, 6.45) is 1.79. The van der Waals surface area contributed by atoms with Gasteiger partial charge in [0.25, 0.3) is 4.21 Å². The zero-order valence-corrected chi connectivity index (χ0v) is 14.6. The fourth-order valence-corrected chi connectivity index (χ4v) is 3.25. The molecule has 0 aliphatic heterocycles. The van der Waals surface area contributed by atoms with Gasteiger partial charge in [-0.25, -0.2) is 0 Å². The average Bonchev–Trinajstić information content (AvgIpc) is 2.73. The maximum atomic E-state index is 8.22. The van der Waals surface area contributed by atoms with Crippen molar-refractivity contribution < 1.29 is 37.7 Å². The molecule has 0 fully saturated rings. The van der Waals surface area contributed by atoms with E-state index < -0.39 is 36.3 Å². The number of halogens is 1. The van der Waals surface area contributed by atoms with Crippen molar-refractivity contribution in [2.24, 2.45) is 0 Å². The van der Waals surface area contributed by atoms with E-state index in [4.69, 9.17) is 13.7 Å². The Hall–Kier alpha value is -0.910.